The van der Waals surface area contributed by atoms with Gasteiger partial charge in [-0.1, -0.05) is 0 Å². The van der Waals surface area contributed by atoms with Crippen LogP contribution in [0.4, 0.5) is 0 Å². The van der Waals surface area contributed by atoms with Crippen LogP contribution in [0.1, 0.15) is 2.85 Å². The molecule has 0 rings (SSSR count). The smallest absolute Gasteiger partial charge is 1.00 e. The van der Waals surface area contributed by atoms with Crippen LogP contribution in [0.5, 0.6) is 0 Å². The standard InChI is InChI=1S/CH3.ClH.Mg.Zn.2H/h1H3;1H;;;;/q-1;;+2;;2*-1. The molecule has 0 unspecified atom stereocenters. The van der Waals surface area contributed by atoms with Crippen molar-refractivity contribution < 1.29 is 22.3 Å². The summed E-state index contributed by atoms with van der Waals surface area (Å²) in [5.74, 6) is 0. The molecule has 0 fully saturated rings. The topological polar surface area (TPSA) is 0 Å². The fourth-order valence-electron chi connectivity index (χ4n) is 0. The Bertz CT molecular complexity index is 13.5. The van der Waals surface area contributed by atoms with Gasteiger partial charge in [0.1, 0.15) is 0 Å². The van der Waals surface area contributed by atoms with E-state index in [-0.39, 0.29) is 65.2 Å². The number of halogens is 1. The maximum absolute atomic E-state index is 0. The van der Waals surface area contributed by atoms with Gasteiger partial charge in [-0.05, 0) is 0 Å². The Kier molecular flexibility index (Phi) is 248. The molecular formula is CH6ClMgZn-. The van der Waals surface area contributed by atoms with Gasteiger partial charge in [-0.25, -0.2) is 0 Å². The van der Waals surface area contributed by atoms with E-state index in [0.29, 0.717) is 0 Å². The largest absolute Gasteiger partial charge is 2.00 e. The van der Waals surface area contributed by atoms with Crippen molar-refractivity contribution in [2.24, 2.45) is 0 Å². The molecule has 22 valence electrons. The average Bonchev–Trinajstić information content (AvgIpc) is 0. The quantitative estimate of drug-likeness (QED) is 0.346. The minimum atomic E-state index is 0. The van der Waals surface area contributed by atoms with Crippen LogP contribution in [-0.4, -0.2) is 23.1 Å². The van der Waals surface area contributed by atoms with E-state index in [9.17, 15) is 0 Å². The van der Waals surface area contributed by atoms with Gasteiger partial charge in [-0.2, -0.15) is 0 Å². The number of hydrogen-bond donors (Lipinski definition) is 0. The van der Waals surface area contributed by atoms with Crippen LogP contribution in [0.3, 0.4) is 0 Å². The van der Waals surface area contributed by atoms with Crippen LogP contribution in [0.15, 0.2) is 0 Å². The first-order valence-electron chi connectivity index (χ1n) is 0. The molecule has 4 heavy (non-hydrogen) atoms. The Morgan fingerprint density at radius 1 is 1.25 bits per heavy atom. The van der Waals surface area contributed by atoms with Crippen molar-refractivity contribution in [1.82, 2.24) is 0 Å². The molecule has 0 saturated heterocycles. The van der Waals surface area contributed by atoms with Crippen LogP contribution >= 0.6 is 12.4 Å². The van der Waals surface area contributed by atoms with E-state index in [1.165, 1.54) is 0 Å². The van der Waals surface area contributed by atoms with Gasteiger partial charge in [-0.15, -0.1) is 12.4 Å². The van der Waals surface area contributed by atoms with Gasteiger partial charge in [0, 0.05) is 19.5 Å². The monoisotopic (exact) mass is 141 g/mol. The Balaban J connectivity index is 0. The third-order valence-electron chi connectivity index (χ3n) is 0. The van der Waals surface area contributed by atoms with Gasteiger partial charge in [0.15, 0.2) is 0 Å². The average molecular weight is 143 g/mol. The van der Waals surface area contributed by atoms with Crippen LogP contribution < -0.4 is 0 Å². The van der Waals surface area contributed by atoms with Crippen LogP contribution in [-0.2, 0) is 19.5 Å². The zero-order chi connectivity index (χ0) is 0. The summed E-state index contributed by atoms with van der Waals surface area (Å²) >= 11 is 0. The molecule has 0 atom stereocenters. The first-order valence-corrected chi connectivity index (χ1v) is 0. The van der Waals surface area contributed by atoms with Crippen molar-refractivity contribution in [1.29, 1.82) is 0 Å². The zero-order valence-electron chi connectivity index (χ0n) is 4.82. The molecule has 0 aromatic carbocycles. The van der Waals surface area contributed by atoms with E-state index in [4.69, 9.17) is 0 Å². The van der Waals surface area contributed by atoms with E-state index < -0.39 is 0 Å². The molecule has 0 amide bonds. The Morgan fingerprint density at radius 3 is 1.25 bits per heavy atom. The summed E-state index contributed by atoms with van der Waals surface area (Å²) in [7, 11) is 0. The second-order valence-corrected chi connectivity index (χ2v) is 0. The zero-order valence-corrected chi connectivity index (χ0v) is 8.02. The van der Waals surface area contributed by atoms with Crippen molar-refractivity contribution in [2.45, 2.75) is 0 Å². The Morgan fingerprint density at radius 2 is 1.25 bits per heavy atom. The molecular weight excluding hydrogens is 137 g/mol. The van der Waals surface area contributed by atoms with Gasteiger partial charge in [-0.3, -0.25) is 0 Å². The molecule has 0 bridgehead atoms. The predicted octanol–water partition coefficient (Wildman–Crippen LogP) is 0.714. The van der Waals surface area contributed by atoms with E-state index in [1.54, 1.807) is 0 Å². The first kappa shape index (κ1) is 44.1. The molecule has 0 radical (unpaired) electrons. The van der Waals surface area contributed by atoms with Crippen molar-refractivity contribution in [2.75, 3.05) is 0 Å². The number of hydrogen-bond acceptors (Lipinski definition) is 0. The normalized spacial score (nSPS) is 0. The van der Waals surface area contributed by atoms with Gasteiger partial charge >= 0.3 is 23.1 Å². The molecule has 0 aromatic rings. The van der Waals surface area contributed by atoms with E-state index in [2.05, 4.69) is 0 Å². The van der Waals surface area contributed by atoms with E-state index >= 15 is 0 Å². The van der Waals surface area contributed by atoms with Gasteiger partial charge in [0.05, 0.1) is 0 Å². The number of rotatable bonds is 0. The maximum Gasteiger partial charge on any atom is 2.00 e. The summed E-state index contributed by atoms with van der Waals surface area (Å²) in [6.45, 7) is 0. The van der Waals surface area contributed by atoms with Crippen LogP contribution in [0, 0.1) is 7.43 Å². The summed E-state index contributed by atoms with van der Waals surface area (Å²) in [6.07, 6.45) is 0. The summed E-state index contributed by atoms with van der Waals surface area (Å²) in [5, 5.41) is 0. The first-order chi connectivity index (χ1) is 0. The second kappa shape index (κ2) is 22.5. The minimum Gasteiger partial charge on any atom is -1.00 e. The molecule has 0 aromatic heterocycles. The van der Waals surface area contributed by atoms with E-state index in [0.717, 1.165) is 0 Å². The minimum absolute atomic E-state index is 0. The molecule has 0 aliphatic carbocycles. The summed E-state index contributed by atoms with van der Waals surface area (Å²) in [6, 6.07) is 0. The van der Waals surface area contributed by atoms with Gasteiger partial charge in [0.2, 0.25) is 0 Å². The Labute approximate surface area is 65.0 Å². The summed E-state index contributed by atoms with van der Waals surface area (Å²) in [5.41, 5.74) is 0. The molecule has 0 N–H and O–H groups in total. The summed E-state index contributed by atoms with van der Waals surface area (Å²) in [4.78, 5) is 0. The molecule has 0 heterocycles. The molecule has 0 nitrogen and oxygen atoms in total. The SMILES string of the molecule is Cl.[CH3-].[H-].[H-].[Mg+2].[Zn]. The van der Waals surface area contributed by atoms with E-state index in [1.807, 2.05) is 0 Å². The fourth-order valence-corrected chi connectivity index (χ4v) is 0. The van der Waals surface area contributed by atoms with Gasteiger partial charge in [0.25, 0.3) is 0 Å². The Hall–Kier alpha value is 1.68. The third kappa shape index (κ3) is 9.37. The molecule has 3 heteroatoms. The van der Waals surface area contributed by atoms with Gasteiger partial charge < -0.3 is 10.3 Å². The van der Waals surface area contributed by atoms with Crippen molar-refractivity contribution >= 4 is 35.5 Å². The molecule has 0 spiro atoms. The van der Waals surface area contributed by atoms with Crippen molar-refractivity contribution in [3.63, 3.8) is 0 Å². The van der Waals surface area contributed by atoms with Crippen LogP contribution in [0.2, 0.25) is 0 Å². The maximum atomic E-state index is 0. The van der Waals surface area contributed by atoms with Crippen molar-refractivity contribution in [3.8, 4) is 0 Å². The fraction of sp³-hybridized carbons (Fsp3) is 0. The molecule has 0 aliphatic rings. The molecule has 0 aliphatic heterocycles. The molecule has 0 saturated carbocycles. The van der Waals surface area contributed by atoms with Crippen molar-refractivity contribution in [3.05, 3.63) is 7.43 Å². The van der Waals surface area contributed by atoms with Crippen LogP contribution in [0.25, 0.3) is 0 Å². The predicted molar refractivity (Wildman–Crippen MR) is 21.6 cm³/mol. The third-order valence-corrected chi connectivity index (χ3v) is 0. The summed E-state index contributed by atoms with van der Waals surface area (Å²) < 4.78 is 0. The second-order valence-electron chi connectivity index (χ2n) is 0.